The van der Waals surface area contributed by atoms with E-state index in [1.807, 2.05) is 48.0 Å². The molecule has 1 aromatic carbocycles. The molecule has 0 fully saturated rings. The van der Waals surface area contributed by atoms with Gasteiger partial charge in [0.25, 0.3) is 5.91 Å². The molecule has 0 saturated carbocycles. The van der Waals surface area contributed by atoms with Gasteiger partial charge in [-0.1, -0.05) is 23.5 Å². The van der Waals surface area contributed by atoms with E-state index in [0.717, 1.165) is 18.9 Å². The van der Waals surface area contributed by atoms with E-state index in [2.05, 4.69) is 20.9 Å². The number of hydrogen-bond donors (Lipinski definition) is 0. The van der Waals surface area contributed by atoms with Crippen LogP contribution in [0.2, 0.25) is 0 Å². The molecule has 0 atom stereocenters. The summed E-state index contributed by atoms with van der Waals surface area (Å²) in [5.41, 5.74) is 1.08. The maximum absolute atomic E-state index is 12.0. The lowest BCUT2D eigenvalue weighted by Crippen LogP contribution is -2.12. The fraction of sp³-hybridized carbons (Fsp3) is 0.0667. The fourth-order valence-corrected chi connectivity index (χ4v) is 4.24. The number of carbonyl (C=O) groups is 1. The van der Waals surface area contributed by atoms with Gasteiger partial charge in [-0.05, 0) is 46.3 Å². The summed E-state index contributed by atoms with van der Waals surface area (Å²) in [4.78, 5) is 17.8. The van der Waals surface area contributed by atoms with E-state index in [1.165, 1.54) is 17.4 Å². The number of aryl methyl sites for hydroxylation is 1. The molecule has 0 aliphatic carbocycles. The lowest BCUT2D eigenvalue weighted by molar-refractivity contribution is -0.113. The summed E-state index contributed by atoms with van der Waals surface area (Å²) in [6.45, 7) is 0. The molecule has 6 heteroatoms. The van der Waals surface area contributed by atoms with E-state index in [-0.39, 0.29) is 5.91 Å². The van der Waals surface area contributed by atoms with Crippen LogP contribution in [0.3, 0.4) is 0 Å². The summed E-state index contributed by atoms with van der Waals surface area (Å²) >= 11 is 6.49. The first-order valence-corrected chi connectivity index (χ1v) is 8.63. The van der Waals surface area contributed by atoms with Gasteiger partial charge in [0.1, 0.15) is 0 Å². The minimum Gasteiger partial charge on any atom is -0.319 e. The van der Waals surface area contributed by atoms with Crippen LogP contribution in [0.1, 0.15) is 4.88 Å². The van der Waals surface area contributed by atoms with Crippen molar-refractivity contribution in [1.82, 2.24) is 4.57 Å². The van der Waals surface area contributed by atoms with Gasteiger partial charge in [-0.25, -0.2) is 0 Å². The van der Waals surface area contributed by atoms with Gasteiger partial charge in [0.15, 0.2) is 4.80 Å². The van der Waals surface area contributed by atoms with Crippen molar-refractivity contribution >= 4 is 60.8 Å². The monoisotopic (exact) mass is 378 g/mol. The van der Waals surface area contributed by atoms with Gasteiger partial charge in [0, 0.05) is 18.0 Å². The summed E-state index contributed by atoms with van der Waals surface area (Å²) in [6.07, 6.45) is 3.29. The maximum Gasteiger partial charge on any atom is 0.272 e. The summed E-state index contributed by atoms with van der Waals surface area (Å²) in [7, 11) is 1.92. The first-order chi connectivity index (χ1) is 10.1. The van der Waals surface area contributed by atoms with E-state index in [9.17, 15) is 4.79 Å². The number of fused-ring (bicyclic) bond motifs is 1. The number of aromatic nitrogens is 1. The van der Waals surface area contributed by atoms with Gasteiger partial charge in [-0.2, -0.15) is 4.99 Å². The molecule has 2 heterocycles. The van der Waals surface area contributed by atoms with E-state index in [4.69, 9.17) is 0 Å². The Morgan fingerprint density at radius 3 is 2.76 bits per heavy atom. The molecule has 21 heavy (non-hydrogen) atoms. The SMILES string of the molecule is Cn1c(=NC(=O)/C=C/c2ccc(Br)s2)sc2ccccc21. The molecule has 0 radical (unpaired) electrons. The number of rotatable bonds is 2. The van der Waals surface area contributed by atoms with Gasteiger partial charge in [0.05, 0.1) is 14.0 Å². The summed E-state index contributed by atoms with van der Waals surface area (Å²) in [5.74, 6) is -0.248. The molecule has 0 aliphatic rings. The number of carbonyl (C=O) groups excluding carboxylic acids is 1. The lowest BCUT2D eigenvalue weighted by Gasteiger charge is -1.92. The van der Waals surface area contributed by atoms with Crippen LogP contribution in [0.25, 0.3) is 16.3 Å². The Morgan fingerprint density at radius 2 is 2.05 bits per heavy atom. The second-order valence-corrected chi connectivity index (χ2v) is 7.84. The molecular formula is C15H11BrN2OS2. The predicted molar refractivity (Wildman–Crippen MR) is 92.4 cm³/mol. The lowest BCUT2D eigenvalue weighted by atomic mass is 10.3. The van der Waals surface area contributed by atoms with Gasteiger partial charge < -0.3 is 4.57 Å². The summed E-state index contributed by atoms with van der Waals surface area (Å²) in [5, 5.41) is 0. The Bertz CT molecular complexity index is 902. The predicted octanol–water partition coefficient (Wildman–Crippen LogP) is 4.20. The molecule has 3 nitrogen and oxygen atoms in total. The number of halogens is 1. The average molecular weight is 379 g/mol. The highest BCUT2D eigenvalue weighted by molar-refractivity contribution is 9.11. The van der Waals surface area contributed by atoms with Crippen LogP contribution in [0, 0.1) is 0 Å². The molecule has 2 aromatic heterocycles. The first-order valence-electron chi connectivity index (χ1n) is 6.20. The summed E-state index contributed by atoms with van der Waals surface area (Å²) in [6, 6.07) is 11.9. The van der Waals surface area contributed by atoms with Crippen LogP contribution in [0.4, 0.5) is 0 Å². The van der Waals surface area contributed by atoms with Crippen molar-refractivity contribution in [2.75, 3.05) is 0 Å². The quantitative estimate of drug-likeness (QED) is 0.615. The average Bonchev–Trinajstić information content (AvgIpc) is 3.02. The normalized spacial score (nSPS) is 12.6. The van der Waals surface area contributed by atoms with E-state index >= 15 is 0 Å². The Balaban J connectivity index is 1.91. The highest BCUT2D eigenvalue weighted by Gasteiger charge is 2.02. The highest BCUT2D eigenvalue weighted by Crippen LogP contribution is 2.23. The Morgan fingerprint density at radius 1 is 1.24 bits per heavy atom. The van der Waals surface area contributed by atoms with Crippen molar-refractivity contribution < 1.29 is 4.79 Å². The Kier molecular flexibility index (Phi) is 4.19. The van der Waals surface area contributed by atoms with Crippen molar-refractivity contribution in [3.8, 4) is 0 Å². The molecule has 0 N–H and O–H groups in total. The third-order valence-corrected chi connectivity index (χ3v) is 5.61. The van der Waals surface area contributed by atoms with Gasteiger partial charge in [-0.15, -0.1) is 11.3 Å². The van der Waals surface area contributed by atoms with Crippen molar-refractivity contribution in [3.05, 3.63) is 55.9 Å². The number of amides is 1. The zero-order chi connectivity index (χ0) is 14.8. The molecule has 1 amide bonds. The zero-order valence-electron chi connectivity index (χ0n) is 11.1. The molecule has 3 aromatic rings. The van der Waals surface area contributed by atoms with E-state index in [0.29, 0.717) is 4.80 Å². The third kappa shape index (κ3) is 3.23. The van der Waals surface area contributed by atoms with Crippen molar-refractivity contribution in [1.29, 1.82) is 0 Å². The molecule has 3 rings (SSSR count). The Hall–Kier alpha value is -1.50. The van der Waals surface area contributed by atoms with Gasteiger partial charge in [0.2, 0.25) is 0 Å². The first kappa shape index (κ1) is 14.4. The minimum atomic E-state index is -0.248. The standard InChI is InChI=1S/C15H11BrN2OS2/c1-18-11-4-2-3-5-12(11)21-15(18)17-14(19)9-7-10-6-8-13(16)20-10/h2-9H,1H3/b9-7+,17-15?. The zero-order valence-corrected chi connectivity index (χ0v) is 14.3. The highest BCUT2D eigenvalue weighted by atomic mass is 79.9. The van der Waals surface area contributed by atoms with Crippen molar-refractivity contribution in [2.45, 2.75) is 0 Å². The number of thiazole rings is 1. The van der Waals surface area contributed by atoms with Crippen LogP contribution < -0.4 is 4.80 Å². The molecule has 106 valence electrons. The maximum atomic E-state index is 12.0. The van der Waals surface area contributed by atoms with Crippen LogP contribution in [0.15, 0.2) is 51.3 Å². The number of para-hydroxylation sites is 1. The van der Waals surface area contributed by atoms with Gasteiger partial charge in [-0.3, -0.25) is 4.79 Å². The number of benzene rings is 1. The van der Waals surface area contributed by atoms with Crippen LogP contribution in [0.5, 0.6) is 0 Å². The van der Waals surface area contributed by atoms with Crippen LogP contribution in [-0.2, 0) is 11.8 Å². The van der Waals surface area contributed by atoms with Crippen molar-refractivity contribution in [2.24, 2.45) is 12.0 Å². The second kappa shape index (κ2) is 6.09. The van der Waals surface area contributed by atoms with Crippen LogP contribution in [-0.4, -0.2) is 10.5 Å². The van der Waals surface area contributed by atoms with Crippen molar-refractivity contribution in [3.63, 3.8) is 0 Å². The Labute approximate surface area is 138 Å². The largest absolute Gasteiger partial charge is 0.319 e. The number of hydrogen-bond acceptors (Lipinski definition) is 3. The fourth-order valence-electron chi connectivity index (χ4n) is 1.89. The van der Waals surface area contributed by atoms with E-state index in [1.54, 1.807) is 17.4 Å². The molecule has 0 saturated heterocycles. The molecular weight excluding hydrogens is 368 g/mol. The van der Waals surface area contributed by atoms with Crippen LogP contribution >= 0.6 is 38.6 Å². The summed E-state index contributed by atoms with van der Waals surface area (Å²) < 4.78 is 4.10. The second-order valence-electron chi connectivity index (χ2n) is 4.34. The smallest absolute Gasteiger partial charge is 0.272 e. The molecule has 0 bridgehead atoms. The number of nitrogens with zero attached hydrogens (tertiary/aromatic N) is 2. The molecule has 0 spiro atoms. The van der Waals surface area contributed by atoms with E-state index < -0.39 is 0 Å². The third-order valence-electron chi connectivity index (χ3n) is 2.90. The van der Waals surface area contributed by atoms with Gasteiger partial charge >= 0.3 is 0 Å². The molecule has 0 aliphatic heterocycles. The minimum absolute atomic E-state index is 0.248. The topological polar surface area (TPSA) is 34.4 Å². The number of thiophene rings is 1. The molecule has 0 unspecified atom stereocenters.